The van der Waals surface area contributed by atoms with Gasteiger partial charge in [-0.2, -0.15) is 0 Å². The van der Waals surface area contributed by atoms with Crippen LogP contribution in [0.15, 0.2) is 54.7 Å². The first-order valence-electron chi connectivity index (χ1n) is 11.2. The molecule has 0 atom stereocenters. The summed E-state index contributed by atoms with van der Waals surface area (Å²) in [5.74, 6) is 1.18. The lowest BCUT2D eigenvalue weighted by molar-refractivity contribution is 0.0697. The smallest absolute Gasteiger partial charge is 0.335 e. The number of fused-ring (bicyclic) bond motifs is 3. The fourth-order valence-electron chi connectivity index (χ4n) is 4.07. The number of aromatic carboxylic acids is 1. The molecule has 0 spiro atoms. The number of nitrogens with zero attached hydrogens (tertiary/aromatic N) is 3. The standard InChI is InChI=1S/C26H28N4O2/c1-3-17(4-2)9-8-12-23-27-16-21-20-14-13-18(26(31)32)15-22(20)29-25(24(21)30-23)28-19-10-6-5-7-11-19/h5-7,10-11,13-17H,3-4,8-9,12H2,1-2H3,(H,28,29)(H,31,32). The number of hydrogen-bond donors (Lipinski definition) is 2. The van der Waals surface area contributed by atoms with Crippen LogP contribution < -0.4 is 5.32 Å². The van der Waals surface area contributed by atoms with Crippen LogP contribution >= 0.6 is 0 Å². The molecule has 0 bridgehead atoms. The van der Waals surface area contributed by atoms with Crippen molar-refractivity contribution in [2.75, 3.05) is 5.32 Å². The Morgan fingerprint density at radius 1 is 1.03 bits per heavy atom. The molecule has 0 saturated heterocycles. The van der Waals surface area contributed by atoms with Crippen molar-refractivity contribution in [2.45, 2.75) is 46.0 Å². The second-order valence-corrected chi connectivity index (χ2v) is 8.11. The van der Waals surface area contributed by atoms with Crippen LogP contribution in [0.2, 0.25) is 0 Å². The number of para-hydroxylation sites is 1. The first-order chi connectivity index (χ1) is 15.6. The second kappa shape index (κ2) is 9.73. The van der Waals surface area contributed by atoms with Gasteiger partial charge in [-0.3, -0.25) is 0 Å². The Bertz CT molecular complexity index is 1240. The molecular weight excluding hydrogens is 400 g/mol. The van der Waals surface area contributed by atoms with Gasteiger partial charge in [0.1, 0.15) is 11.3 Å². The van der Waals surface area contributed by atoms with Gasteiger partial charge < -0.3 is 10.4 Å². The van der Waals surface area contributed by atoms with E-state index in [9.17, 15) is 9.90 Å². The molecule has 0 aliphatic heterocycles. The molecule has 6 heteroatoms. The highest BCUT2D eigenvalue weighted by Gasteiger charge is 2.14. The second-order valence-electron chi connectivity index (χ2n) is 8.11. The Balaban J connectivity index is 1.76. The van der Waals surface area contributed by atoms with Gasteiger partial charge >= 0.3 is 5.97 Å². The van der Waals surface area contributed by atoms with Gasteiger partial charge in [-0.15, -0.1) is 0 Å². The molecule has 2 N–H and O–H groups in total. The quantitative estimate of drug-likeness (QED) is 0.301. The van der Waals surface area contributed by atoms with Crippen LogP contribution in [0.3, 0.4) is 0 Å². The van der Waals surface area contributed by atoms with Gasteiger partial charge in [0.15, 0.2) is 5.82 Å². The predicted molar refractivity (Wildman–Crippen MR) is 129 cm³/mol. The van der Waals surface area contributed by atoms with E-state index in [1.807, 2.05) is 36.5 Å². The lowest BCUT2D eigenvalue weighted by Gasteiger charge is -2.13. The third-order valence-corrected chi connectivity index (χ3v) is 6.03. The van der Waals surface area contributed by atoms with Crippen LogP contribution in [-0.2, 0) is 6.42 Å². The van der Waals surface area contributed by atoms with E-state index in [4.69, 9.17) is 9.97 Å². The van der Waals surface area contributed by atoms with Crippen molar-refractivity contribution in [2.24, 2.45) is 5.92 Å². The Morgan fingerprint density at radius 3 is 2.53 bits per heavy atom. The molecule has 2 aromatic heterocycles. The normalized spacial score (nSPS) is 11.3. The van der Waals surface area contributed by atoms with E-state index in [0.29, 0.717) is 11.3 Å². The third kappa shape index (κ3) is 4.69. The molecular formula is C26H28N4O2. The van der Waals surface area contributed by atoms with Crippen molar-refractivity contribution in [3.63, 3.8) is 0 Å². The number of nitrogens with one attached hydrogen (secondary N) is 1. The summed E-state index contributed by atoms with van der Waals surface area (Å²) in [6.45, 7) is 4.49. The van der Waals surface area contributed by atoms with Gasteiger partial charge in [0.2, 0.25) is 0 Å². The number of rotatable bonds is 9. The third-order valence-electron chi connectivity index (χ3n) is 6.03. The summed E-state index contributed by atoms with van der Waals surface area (Å²) >= 11 is 0. The number of carbonyl (C=O) groups is 1. The molecule has 4 aromatic rings. The van der Waals surface area contributed by atoms with Gasteiger partial charge in [0.05, 0.1) is 11.1 Å². The Hall–Kier alpha value is -3.54. The van der Waals surface area contributed by atoms with Crippen molar-refractivity contribution >= 4 is 39.3 Å². The fraction of sp³-hybridized carbons (Fsp3) is 0.308. The summed E-state index contributed by atoms with van der Waals surface area (Å²) < 4.78 is 0. The van der Waals surface area contributed by atoms with Crippen LogP contribution in [0.5, 0.6) is 0 Å². The highest BCUT2D eigenvalue weighted by molar-refractivity contribution is 6.09. The monoisotopic (exact) mass is 428 g/mol. The van der Waals surface area contributed by atoms with Crippen LogP contribution in [0, 0.1) is 5.92 Å². The van der Waals surface area contributed by atoms with Crippen molar-refractivity contribution in [1.29, 1.82) is 0 Å². The first kappa shape index (κ1) is 21.7. The highest BCUT2D eigenvalue weighted by atomic mass is 16.4. The minimum atomic E-state index is -0.976. The lowest BCUT2D eigenvalue weighted by atomic mass is 9.96. The zero-order valence-corrected chi connectivity index (χ0v) is 18.5. The molecule has 32 heavy (non-hydrogen) atoms. The Labute approximate surface area is 187 Å². The van der Waals surface area contributed by atoms with Gasteiger partial charge in [-0.05, 0) is 36.6 Å². The van der Waals surface area contributed by atoms with Crippen molar-refractivity contribution in [3.05, 3.63) is 66.1 Å². The van der Waals surface area contributed by atoms with E-state index < -0.39 is 5.97 Å². The number of carboxylic acids is 1. The van der Waals surface area contributed by atoms with Crippen LogP contribution in [0.4, 0.5) is 11.5 Å². The van der Waals surface area contributed by atoms with E-state index in [1.54, 1.807) is 18.2 Å². The predicted octanol–water partition coefficient (Wildman–Crippen LogP) is 6.38. The summed E-state index contributed by atoms with van der Waals surface area (Å²) in [7, 11) is 0. The number of aromatic nitrogens is 3. The average molecular weight is 429 g/mol. The summed E-state index contributed by atoms with van der Waals surface area (Å²) in [6, 6.07) is 14.8. The molecule has 2 aromatic carbocycles. The topological polar surface area (TPSA) is 88.0 Å². The van der Waals surface area contributed by atoms with Gasteiger partial charge in [-0.25, -0.2) is 19.7 Å². The van der Waals surface area contributed by atoms with E-state index in [2.05, 4.69) is 24.1 Å². The Kier molecular flexibility index (Phi) is 6.59. The van der Waals surface area contributed by atoms with Crippen LogP contribution in [0.1, 0.15) is 55.7 Å². The molecule has 164 valence electrons. The van der Waals surface area contributed by atoms with Crippen LogP contribution in [-0.4, -0.2) is 26.0 Å². The minimum absolute atomic E-state index is 0.203. The maximum absolute atomic E-state index is 11.5. The molecule has 0 saturated carbocycles. The largest absolute Gasteiger partial charge is 0.478 e. The molecule has 0 fully saturated rings. The van der Waals surface area contributed by atoms with Crippen molar-refractivity contribution in [1.82, 2.24) is 15.0 Å². The zero-order chi connectivity index (χ0) is 22.5. The van der Waals surface area contributed by atoms with Crippen LogP contribution in [0.25, 0.3) is 21.8 Å². The molecule has 0 radical (unpaired) electrons. The van der Waals surface area contributed by atoms with E-state index in [1.165, 1.54) is 19.3 Å². The molecule has 0 aliphatic rings. The highest BCUT2D eigenvalue weighted by Crippen LogP contribution is 2.30. The number of carboxylic acid groups (broad SMARTS) is 1. The maximum atomic E-state index is 11.5. The number of anilines is 2. The lowest BCUT2D eigenvalue weighted by Crippen LogP contribution is -2.04. The first-order valence-corrected chi connectivity index (χ1v) is 11.2. The fourth-order valence-corrected chi connectivity index (χ4v) is 4.07. The number of benzene rings is 2. The molecule has 4 rings (SSSR count). The average Bonchev–Trinajstić information content (AvgIpc) is 2.82. The number of aryl methyl sites for hydroxylation is 1. The van der Waals surface area contributed by atoms with Gasteiger partial charge in [0.25, 0.3) is 0 Å². The van der Waals surface area contributed by atoms with Crippen molar-refractivity contribution in [3.8, 4) is 0 Å². The minimum Gasteiger partial charge on any atom is -0.478 e. The van der Waals surface area contributed by atoms with E-state index >= 15 is 0 Å². The zero-order valence-electron chi connectivity index (χ0n) is 18.5. The molecule has 0 unspecified atom stereocenters. The van der Waals surface area contributed by atoms with E-state index in [0.717, 1.165) is 46.6 Å². The Morgan fingerprint density at radius 2 is 1.81 bits per heavy atom. The summed E-state index contributed by atoms with van der Waals surface area (Å²) in [5.41, 5.74) is 2.44. The van der Waals surface area contributed by atoms with Crippen molar-refractivity contribution < 1.29 is 9.90 Å². The van der Waals surface area contributed by atoms with Gasteiger partial charge in [0, 0.05) is 29.1 Å². The van der Waals surface area contributed by atoms with Gasteiger partial charge in [-0.1, -0.05) is 57.4 Å². The summed E-state index contributed by atoms with van der Waals surface area (Å²) in [5, 5.41) is 14.4. The molecule has 2 heterocycles. The maximum Gasteiger partial charge on any atom is 0.335 e. The number of pyridine rings is 1. The SMILES string of the molecule is CCC(CC)CCCc1ncc2c(n1)c(Nc1ccccc1)nc1cc(C(=O)O)ccc12. The number of hydrogen-bond acceptors (Lipinski definition) is 5. The molecule has 0 amide bonds. The molecule has 6 nitrogen and oxygen atoms in total. The van der Waals surface area contributed by atoms with E-state index in [-0.39, 0.29) is 5.56 Å². The summed E-state index contributed by atoms with van der Waals surface area (Å²) in [4.78, 5) is 25.7. The summed E-state index contributed by atoms with van der Waals surface area (Å²) in [6.07, 6.45) is 7.31. The molecule has 0 aliphatic carbocycles.